The number of nitrogen functional groups attached to an aromatic ring is 2. The van der Waals surface area contributed by atoms with E-state index in [2.05, 4.69) is 32.1 Å². The Morgan fingerprint density at radius 2 is 1.26 bits per heavy atom. The molecule has 5 rings (SSSR count). The van der Waals surface area contributed by atoms with Gasteiger partial charge in [-0.05, 0) is 32.1 Å². The molecule has 0 bridgehead atoms. The summed E-state index contributed by atoms with van der Waals surface area (Å²) in [6.07, 6.45) is 1.75. The third kappa shape index (κ3) is 8.23. The van der Waals surface area contributed by atoms with Gasteiger partial charge in [-0.3, -0.25) is 26.7 Å². The lowest BCUT2D eigenvalue weighted by Gasteiger charge is -2.17. The Bertz CT molecular complexity index is 920. The molecule has 196 valence electrons. The number of carbonyl (C=O) groups excluding carboxylic acids is 1. The number of H-pyrrole nitrogens is 2. The number of nitrogens with zero attached hydrogens (tertiary/aromatic N) is 3. The van der Waals surface area contributed by atoms with E-state index < -0.39 is 24.4 Å². The first-order valence-electron chi connectivity index (χ1n) is 11.1. The molecule has 0 amide bonds. The number of anilines is 2. The first-order chi connectivity index (χ1) is 16.3. The number of alkyl halides is 3. The molecule has 2 aromatic rings. The quantitative estimate of drug-likeness (QED) is 0.223. The number of ketones is 1. The second kappa shape index (κ2) is 14.3. The molecule has 0 aliphatic heterocycles. The van der Waals surface area contributed by atoms with Crippen molar-refractivity contribution < 1.29 is 23.4 Å². The number of nitrogens with two attached hydrogens (primary N) is 4. The summed E-state index contributed by atoms with van der Waals surface area (Å²) in [5.41, 5.74) is 14.8. The van der Waals surface area contributed by atoms with Crippen molar-refractivity contribution in [1.29, 1.82) is 5.26 Å². The fourth-order valence-electron chi connectivity index (χ4n) is 4.06. The molecule has 11 nitrogen and oxygen atoms in total. The normalized spacial score (nSPS) is 24.3. The van der Waals surface area contributed by atoms with Crippen molar-refractivity contribution in [3.63, 3.8) is 0 Å². The molecular weight excluding hydrogens is 467 g/mol. The van der Waals surface area contributed by atoms with Crippen LogP contribution in [0.3, 0.4) is 0 Å². The summed E-state index contributed by atoms with van der Waals surface area (Å²) < 4.78 is 38.1. The smallest absolute Gasteiger partial charge is 0.150 e. The van der Waals surface area contributed by atoms with Crippen LogP contribution < -0.4 is 23.2 Å². The van der Waals surface area contributed by atoms with Gasteiger partial charge in [-0.1, -0.05) is 0 Å². The van der Waals surface area contributed by atoms with Gasteiger partial charge in [0.1, 0.15) is 41.9 Å². The topological polar surface area (TPSA) is 234 Å². The molecule has 1 fully saturated rings. The monoisotopic (exact) mass is 501 g/mol. The molecule has 2 unspecified atom stereocenters. The second-order valence-electron chi connectivity index (χ2n) is 8.33. The van der Waals surface area contributed by atoms with E-state index in [-0.39, 0.29) is 24.1 Å². The van der Waals surface area contributed by atoms with Gasteiger partial charge in [-0.15, -0.1) is 0 Å². The van der Waals surface area contributed by atoms with Gasteiger partial charge in [0.05, 0.1) is 6.07 Å². The highest BCUT2D eigenvalue weighted by atomic mass is 19.1. The van der Waals surface area contributed by atoms with E-state index in [4.69, 9.17) is 16.7 Å². The van der Waals surface area contributed by atoms with Crippen LogP contribution in [0.15, 0.2) is 0 Å². The van der Waals surface area contributed by atoms with Crippen LogP contribution in [0.4, 0.5) is 24.8 Å². The molecule has 0 spiro atoms. The number of Topliss-reactive ketones (excluding diaryl/α,β-unsaturated/α-hetero) is 1. The van der Waals surface area contributed by atoms with Crippen LogP contribution in [0.5, 0.6) is 0 Å². The number of aryl methyl sites for hydroxylation is 2. The minimum absolute atomic E-state index is 0. The highest BCUT2D eigenvalue weighted by Crippen LogP contribution is 2.26. The number of halogens is 3. The van der Waals surface area contributed by atoms with Gasteiger partial charge in [0.25, 0.3) is 0 Å². The van der Waals surface area contributed by atoms with Crippen LogP contribution in [-0.4, -0.2) is 50.2 Å². The largest absolute Gasteiger partial charge is 0.412 e. The molecule has 4 atom stereocenters. The van der Waals surface area contributed by atoms with Gasteiger partial charge in [0.2, 0.25) is 0 Å². The number of hydrogen-bond donors (Lipinski definition) is 6. The fourth-order valence-corrected chi connectivity index (χ4v) is 4.06. The highest BCUT2D eigenvalue weighted by Gasteiger charge is 2.28. The van der Waals surface area contributed by atoms with Crippen LogP contribution in [0.25, 0.3) is 0 Å². The molecule has 0 saturated heterocycles. The molecule has 3 aliphatic carbocycles. The van der Waals surface area contributed by atoms with E-state index in [0.29, 0.717) is 43.7 Å². The summed E-state index contributed by atoms with van der Waals surface area (Å²) in [4.78, 5) is 10.8. The Kier molecular flexibility index (Phi) is 12.2. The standard InChI is InChI=1S/2C7H10FN3.C7H8FNO.H4N2.H2O/c2*8-4-1-2-6-5(3-4)7(9)11-10-6;8-6-1-2-7(10)5(3-6)4-9;1-2;/h2*4H,1-3H2,(H3,9,10,11);5-6H,1-3H2;1-2H2;1H2/t2*4-;;;/m10.../s1. The first-order valence-corrected chi connectivity index (χ1v) is 11.1. The summed E-state index contributed by atoms with van der Waals surface area (Å²) in [6.45, 7) is 0. The zero-order valence-electron chi connectivity index (χ0n) is 19.4. The van der Waals surface area contributed by atoms with Crippen LogP contribution in [0.2, 0.25) is 0 Å². The number of aromatic amines is 2. The zero-order valence-corrected chi connectivity index (χ0v) is 19.4. The van der Waals surface area contributed by atoms with Crippen LogP contribution in [-0.2, 0) is 30.5 Å². The van der Waals surface area contributed by atoms with Gasteiger partial charge in [-0.25, -0.2) is 13.2 Å². The Morgan fingerprint density at radius 1 is 0.829 bits per heavy atom. The SMILES string of the molecule is N#CC1CC(F)CCC1=O.NN.Nc1n[nH]c2c1C[C@@H](F)CC2.Nc1n[nH]c2c1C[C@H](F)CC2.O. The summed E-state index contributed by atoms with van der Waals surface area (Å²) >= 11 is 0. The number of nitrogens with one attached hydrogen (secondary N) is 2. The van der Waals surface area contributed by atoms with E-state index in [0.717, 1.165) is 35.4 Å². The highest BCUT2D eigenvalue weighted by molar-refractivity contribution is 5.84. The lowest BCUT2D eigenvalue weighted by Crippen LogP contribution is -2.24. The molecule has 3 aliphatic rings. The number of hydrogen-bond acceptors (Lipinski definition) is 8. The number of nitriles is 1. The van der Waals surface area contributed by atoms with Gasteiger partial charge < -0.3 is 16.9 Å². The maximum absolute atomic E-state index is 12.8. The molecule has 0 aromatic carbocycles. The van der Waals surface area contributed by atoms with Crippen LogP contribution in [0, 0.1) is 17.2 Å². The Balaban J connectivity index is 0.000000250. The zero-order chi connectivity index (χ0) is 25.3. The number of aromatic nitrogens is 4. The molecule has 14 heteroatoms. The minimum atomic E-state index is -0.942. The van der Waals surface area contributed by atoms with Crippen molar-refractivity contribution in [2.75, 3.05) is 11.5 Å². The molecule has 0 radical (unpaired) electrons. The fraction of sp³-hybridized carbons (Fsp3) is 0.619. The second-order valence-corrected chi connectivity index (χ2v) is 8.33. The van der Waals surface area contributed by atoms with Gasteiger partial charge in [0, 0.05) is 48.2 Å². The van der Waals surface area contributed by atoms with E-state index >= 15 is 0 Å². The predicted molar refractivity (Wildman–Crippen MR) is 125 cm³/mol. The van der Waals surface area contributed by atoms with E-state index in [9.17, 15) is 18.0 Å². The summed E-state index contributed by atoms with van der Waals surface area (Å²) in [5.74, 6) is 8.14. The van der Waals surface area contributed by atoms with Crippen molar-refractivity contribution in [2.24, 2.45) is 17.6 Å². The number of fused-ring (bicyclic) bond motifs is 2. The summed E-state index contributed by atoms with van der Waals surface area (Å²) in [7, 11) is 0. The number of rotatable bonds is 0. The third-order valence-electron chi connectivity index (χ3n) is 5.98. The molecule has 2 aromatic heterocycles. The van der Waals surface area contributed by atoms with E-state index in [1.54, 1.807) is 6.07 Å². The maximum atomic E-state index is 12.8. The lowest BCUT2D eigenvalue weighted by molar-refractivity contribution is -0.123. The van der Waals surface area contributed by atoms with E-state index in [1.165, 1.54) is 0 Å². The molecule has 1 saturated carbocycles. The van der Waals surface area contributed by atoms with Crippen LogP contribution in [0.1, 0.15) is 54.6 Å². The molecule has 2 heterocycles. The lowest BCUT2D eigenvalue weighted by atomic mass is 9.88. The minimum Gasteiger partial charge on any atom is -0.412 e. The Labute approximate surface area is 201 Å². The van der Waals surface area contributed by atoms with Gasteiger partial charge in [-0.2, -0.15) is 15.5 Å². The molecule has 35 heavy (non-hydrogen) atoms. The predicted octanol–water partition coefficient (Wildman–Crippen LogP) is 0.849. The maximum Gasteiger partial charge on any atom is 0.150 e. The third-order valence-corrected chi connectivity index (χ3v) is 5.98. The van der Waals surface area contributed by atoms with Crippen molar-refractivity contribution in [3.05, 3.63) is 22.5 Å². The molecule has 12 N–H and O–H groups in total. The van der Waals surface area contributed by atoms with Gasteiger partial charge in [0.15, 0.2) is 0 Å². The number of carbonyl (C=O) groups is 1. The van der Waals surface area contributed by atoms with Crippen molar-refractivity contribution in [2.45, 2.75) is 76.3 Å². The summed E-state index contributed by atoms with van der Waals surface area (Å²) in [5, 5.41) is 21.6. The van der Waals surface area contributed by atoms with Gasteiger partial charge >= 0.3 is 0 Å². The van der Waals surface area contributed by atoms with Crippen molar-refractivity contribution in [1.82, 2.24) is 20.4 Å². The van der Waals surface area contributed by atoms with Crippen molar-refractivity contribution >= 4 is 17.4 Å². The molecular formula is C21H34F3N9O2. The average molecular weight is 502 g/mol. The van der Waals surface area contributed by atoms with Crippen molar-refractivity contribution in [3.8, 4) is 6.07 Å². The number of hydrazine groups is 1. The van der Waals surface area contributed by atoms with E-state index in [1.807, 2.05) is 0 Å². The summed E-state index contributed by atoms with van der Waals surface area (Å²) in [6, 6.07) is 1.79. The average Bonchev–Trinajstić information content (AvgIpc) is 3.39. The first kappa shape index (κ1) is 29.9. The van der Waals surface area contributed by atoms with Crippen LogP contribution >= 0.6 is 0 Å². The Morgan fingerprint density at radius 3 is 1.66 bits per heavy atom. The Hall–Kier alpha value is -3.15.